The zero-order valence-corrected chi connectivity index (χ0v) is 12.1. The normalized spacial score (nSPS) is 18.6. The Bertz CT molecular complexity index is 607. The highest BCUT2D eigenvalue weighted by Gasteiger charge is 2.34. The van der Waals surface area contributed by atoms with Crippen LogP contribution in [0.4, 0.5) is 5.82 Å². The van der Waals surface area contributed by atoms with Gasteiger partial charge in [-0.3, -0.25) is 16.0 Å². The van der Waals surface area contributed by atoms with Gasteiger partial charge in [0.25, 0.3) is 0 Å². The number of guanidine groups is 1. The topological polar surface area (TPSA) is 200 Å². The Labute approximate surface area is 119 Å². The molecule has 0 aromatic carbocycles. The second-order valence-corrected chi connectivity index (χ2v) is 6.27. The second-order valence-electron chi connectivity index (χ2n) is 4.69. The largest absolute Gasteiger partial charge is 0.370 e. The number of fused-ring (bicyclic) bond motifs is 1. The van der Waals surface area contributed by atoms with E-state index in [1.165, 1.54) is 4.68 Å². The molecule has 0 saturated heterocycles. The van der Waals surface area contributed by atoms with Gasteiger partial charge >= 0.3 is 7.60 Å². The van der Waals surface area contributed by atoms with E-state index in [1.807, 2.05) is 0 Å². The van der Waals surface area contributed by atoms with Gasteiger partial charge < -0.3 is 25.6 Å². The molecule has 1 atom stereocenters. The van der Waals surface area contributed by atoms with Crippen molar-refractivity contribution in [3.05, 3.63) is 5.69 Å². The summed E-state index contributed by atoms with van der Waals surface area (Å²) in [5, 5.41) is 10.4. The van der Waals surface area contributed by atoms with Gasteiger partial charge in [0.2, 0.25) is 5.79 Å². The molecule has 21 heavy (non-hydrogen) atoms. The van der Waals surface area contributed by atoms with Gasteiger partial charge in [-0.1, -0.05) is 5.21 Å². The van der Waals surface area contributed by atoms with E-state index < -0.39 is 25.8 Å². The van der Waals surface area contributed by atoms with Crippen LogP contribution >= 0.6 is 7.60 Å². The third-order valence-electron chi connectivity index (χ3n) is 2.62. The molecule has 0 saturated carbocycles. The van der Waals surface area contributed by atoms with Crippen molar-refractivity contribution < 1.29 is 19.1 Å². The first kappa shape index (κ1) is 15.8. The van der Waals surface area contributed by atoms with E-state index in [4.69, 9.17) is 31.7 Å². The molecule has 13 heteroatoms. The summed E-state index contributed by atoms with van der Waals surface area (Å²) in [4.78, 5) is 21.3. The van der Waals surface area contributed by atoms with E-state index in [9.17, 15) is 4.57 Å². The molecular weight excluding hydrogens is 303 g/mol. The van der Waals surface area contributed by atoms with E-state index in [2.05, 4.69) is 20.6 Å². The Hall–Kier alpha value is -1.56. The van der Waals surface area contributed by atoms with Crippen LogP contribution in [0.25, 0.3) is 0 Å². The van der Waals surface area contributed by atoms with Crippen LogP contribution < -0.4 is 22.5 Å². The minimum absolute atomic E-state index is 0.0137. The quantitative estimate of drug-likeness (QED) is 0.250. The molecule has 0 unspecified atom stereocenters. The maximum absolute atomic E-state index is 10.8. The third-order valence-corrected chi connectivity index (χ3v) is 3.11. The van der Waals surface area contributed by atoms with Gasteiger partial charge in [-0.15, -0.1) is 5.10 Å². The maximum Gasteiger partial charge on any atom is 0.350 e. The summed E-state index contributed by atoms with van der Waals surface area (Å²) in [6.07, 6.45) is -1.21. The summed E-state index contributed by atoms with van der Waals surface area (Å²) in [5.74, 6) is -1.21. The van der Waals surface area contributed by atoms with E-state index in [1.54, 1.807) is 6.92 Å². The minimum atomic E-state index is -4.23. The van der Waals surface area contributed by atoms with Crippen molar-refractivity contribution in [3.63, 3.8) is 0 Å². The third kappa shape index (κ3) is 3.75. The Balaban J connectivity index is 2.11. The van der Waals surface area contributed by atoms with Crippen molar-refractivity contribution in [2.45, 2.75) is 25.4 Å². The Morgan fingerprint density at radius 1 is 1.52 bits per heavy atom. The van der Waals surface area contributed by atoms with Gasteiger partial charge in [0.1, 0.15) is 6.35 Å². The molecule has 0 radical (unpaired) electrons. The fourth-order valence-corrected chi connectivity index (χ4v) is 2.21. The Morgan fingerprint density at radius 2 is 2.19 bits per heavy atom. The number of nitrogens with zero attached hydrogens (tertiary/aromatic N) is 4. The molecule has 1 aliphatic rings. The number of aliphatic imine (C=N–C) groups is 1. The number of aromatic nitrogens is 3. The standard InChI is InChI=1S/C8H17N8O4P/c1-4(20-3-21(17,18)19)2-16-6-5(14-15-16)8(10,11)13-7(9)12-6/h4H,2-3,10-11H2,1H3,(H3,9,12,13)(H2,17,18,19)/t4-/m1/s1. The maximum atomic E-state index is 10.8. The number of anilines is 1. The number of hydrogen-bond acceptors (Lipinski definition) is 9. The van der Waals surface area contributed by atoms with Crippen LogP contribution in [0.3, 0.4) is 0 Å². The van der Waals surface area contributed by atoms with Crippen molar-refractivity contribution in [3.8, 4) is 0 Å². The summed E-state index contributed by atoms with van der Waals surface area (Å²) < 4.78 is 17.2. The molecule has 1 aromatic rings. The molecule has 1 aromatic heterocycles. The zero-order valence-electron chi connectivity index (χ0n) is 11.2. The molecule has 2 rings (SSSR count). The van der Waals surface area contributed by atoms with Gasteiger partial charge in [0.05, 0.1) is 12.6 Å². The van der Waals surface area contributed by atoms with Crippen molar-refractivity contribution >= 4 is 19.4 Å². The van der Waals surface area contributed by atoms with Gasteiger partial charge in [-0.2, -0.15) is 0 Å². The van der Waals surface area contributed by atoms with Gasteiger partial charge in [0.15, 0.2) is 17.5 Å². The fourth-order valence-electron chi connectivity index (χ4n) is 1.76. The highest BCUT2D eigenvalue weighted by Crippen LogP contribution is 2.34. The average molecular weight is 320 g/mol. The lowest BCUT2D eigenvalue weighted by Gasteiger charge is -2.25. The van der Waals surface area contributed by atoms with Crippen molar-refractivity contribution in [1.29, 1.82) is 0 Å². The van der Waals surface area contributed by atoms with Crippen molar-refractivity contribution in [2.75, 3.05) is 11.7 Å². The highest BCUT2D eigenvalue weighted by molar-refractivity contribution is 7.51. The smallest absolute Gasteiger partial charge is 0.350 e. The first-order valence-electron chi connectivity index (χ1n) is 5.89. The molecule has 0 aliphatic carbocycles. The number of hydrogen-bond donors (Lipinski definition) is 6. The predicted molar refractivity (Wildman–Crippen MR) is 72.8 cm³/mol. The summed E-state index contributed by atoms with van der Waals surface area (Å²) in [7, 11) is -4.23. The number of rotatable bonds is 5. The molecule has 1 aliphatic heterocycles. The lowest BCUT2D eigenvalue weighted by Crippen LogP contribution is -2.50. The summed E-state index contributed by atoms with van der Waals surface area (Å²) in [6, 6.07) is 0. The van der Waals surface area contributed by atoms with Crippen LogP contribution in [0.5, 0.6) is 0 Å². The van der Waals surface area contributed by atoms with E-state index in [-0.39, 0.29) is 18.2 Å². The predicted octanol–water partition coefficient (Wildman–Crippen LogP) is -2.41. The van der Waals surface area contributed by atoms with Gasteiger partial charge in [-0.25, -0.2) is 9.67 Å². The monoisotopic (exact) mass is 320 g/mol. The van der Waals surface area contributed by atoms with Crippen LogP contribution in [-0.4, -0.2) is 43.2 Å². The first-order valence-corrected chi connectivity index (χ1v) is 7.68. The van der Waals surface area contributed by atoms with Crippen LogP contribution in [0.2, 0.25) is 0 Å². The average Bonchev–Trinajstić information content (AvgIpc) is 2.68. The number of nitrogens with one attached hydrogen (secondary N) is 1. The van der Waals surface area contributed by atoms with Crippen LogP contribution in [-0.2, 0) is 21.6 Å². The summed E-state index contributed by atoms with van der Waals surface area (Å²) in [5.41, 5.74) is 17.3. The van der Waals surface area contributed by atoms with Crippen LogP contribution in [0.15, 0.2) is 4.99 Å². The zero-order chi connectivity index (χ0) is 15.8. The van der Waals surface area contributed by atoms with Gasteiger partial charge in [0, 0.05) is 0 Å². The lowest BCUT2D eigenvalue weighted by atomic mass is 10.2. The molecule has 0 amide bonds. The number of ether oxygens (including phenoxy) is 1. The fraction of sp³-hybridized carbons (Fsp3) is 0.625. The van der Waals surface area contributed by atoms with Gasteiger partial charge in [-0.05, 0) is 6.92 Å². The molecule has 0 fully saturated rings. The molecule has 0 spiro atoms. The lowest BCUT2D eigenvalue weighted by molar-refractivity contribution is 0.0731. The summed E-state index contributed by atoms with van der Waals surface area (Å²) >= 11 is 0. The van der Waals surface area contributed by atoms with Crippen LogP contribution in [0, 0.1) is 0 Å². The Kier molecular flexibility index (Phi) is 4.02. The minimum Gasteiger partial charge on any atom is -0.370 e. The molecule has 0 bridgehead atoms. The number of nitrogens with two attached hydrogens (primary N) is 3. The SMILES string of the molecule is C[C@H](Cn1nnc2c1NC(N)=NC2(N)N)OCP(=O)(O)O. The molecule has 12 nitrogen and oxygen atoms in total. The first-order chi connectivity index (χ1) is 9.58. The molecule has 2 heterocycles. The molecular formula is C8H17N8O4P. The van der Waals surface area contributed by atoms with E-state index >= 15 is 0 Å². The molecule has 118 valence electrons. The summed E-state index contributed by atoms with van der Waals surface area (Å²) in [6.45, 7) is 1.79. The van der Waals surface area contributed by atoms with E-state index in [0.29, 0.717) is 5.82 Å². The van der Waals surface area contributed by atoms with Crippen molar-refractivity contribution in [1.82, 2.24) is 15.0 Å². The Morgan fingerprint density at radius 3 is 2.81 bits per heavy atom. The van der Waals surface area contributed by atoms with E-state index in [0.717, 1.165) is 0 Å². The van der Waals surface area contributed by atoms with Crippen molar-refractivity contribution in [2.24, 2.45) is 22.2 Å². The second kappa shape index (κ2) is 5.33. The van der Waals surface area contributed by atoms with Crippen LogP contribution in [0.1, 0.15) is 12.6 Å². The highest BCUT2D eigenvalue weighted by atomic mass is 31.2. The molecule has 9 N–H and O–H groups in total.